The minimum atomic E-state index is -0.211. The fourth-order valence-corrected chi connectivity index (χ4v) is 6.27. The molecule has 7 aromatic carbocycles. The second-order valence-corrected chi connectivity index (χ2v) is 10.9. The van der Waals surface area contributed by atoms with Gasteiger partial charge in [-0.25, -0.2) is 0 Å². The number of nitrogens with zero attached hydrogens (tertiary/aromatic N) is 1. The quantitative estimate of drug-likeness (QED) is 0.124. The summed E-state index contributed by atoms with van der Waals surface area (Å²) < 4.78 is 0. The molecule has 0 bridgehead atoms. The summed E-state index contributed by atoms with van der Waals surface area (Å²) in [6.45, 7) is 0. The Labute approximate surface area is 248 Å². The second-order valence-electron chi connectivity index (χ2n) is 10.9. The molecule has 43 heavy (non-hydrogen) atoms. The van der Waals surface area contributed by atoms with Crippen molar-refractivity contribution in [1.82, 2.24) is 0 Å². The SMILES string of the molecule is O=C1C(=Cc2ccc3cc(N(c4ccccc4)c4c5ccccc5cc5ccccc45)ccc3c2)C(=O)c2ccccc21. The summed E-state index contributed by atoms with van der Waals surface area (Å²) in [5.74, 6) is -0.422. The average Bonchev–Trinajstić information content (AvgIpc) is 3.30. The van der Waals surface area contributed by atoms with Crippen LogP contribution >= 0.6 is 0 Å². The van der Waals surface area contributed by atoms with Crippen molar-refractivity contribution in [2.75, 3.05) is 4.90 Å². The highest BCUT2D eigenvalue weighted by Gasteiger charge is 2.32. The summed E-state index contributed by atoms with van der Waals surface area (Å²) in [7, 11) is 0. The number of para-hydroxylation sites is 1. The number of allylic oxidation sites excluding steroid dienone is 1. The van der Waals surface area contributed by atoms with Crippen LogP contribution in [0.3, 0.4) is 0 Å². The van der Waals surface area contributed by atoms with Crippen LogP contribution in [0.2, 0.25) is 0 Å². The fourth-order valence-electron chi connectivity index (χ4n) is 6.27. The van der Waals surface area contributed by atoms with Gasteiger partial charge in [-0.1, -0.05) is 109 Å². The average molecular weight is 552 g/mol. The third kappa shape index (κ3) is 4.13. The van der Waals surface area contributed by atoms with E-state index in [4.69, 9.17) is 0 Å². The van der Waals surface area contributed by atoms with Crippen LogP contribution in [-0.4, -0.2) is 11.6 Å². The van der Waals surface area contributed by atoms with Gasteiger partial charge in [0.05, 0.1) is 11.3 Å². The molecule has 0 saturated carbocycles. The van der Waals surface area contributed by atoms with Crippen molar-refractivity contribution in [1.29, 1.82) is 0 Å². The molecule has 7 aromatic rings. The van der Waals surface area contributed by atoms with Gasteiger partial charge in [0, 0.05) is 33.3 Å². The summed E-state index contributed by atoms with van der Waals surface area (Å²) in [4.78, 5) is 28.3. The smallest absolute Gasteiger partial charge is 0.197 e. The van der Waals surface area contributed by atoms with E-state index in [1.165, 1.54) is 21.5 Å². The molecular weight excluding hydrogens is 526 g/mol. The van der Waals surface area contributed by atoms with Crippen LogP contribution in [0, 0.1) is 0 Å². The minimum absolute atomic E-state index is 0.211. The number of rotatable bonds is 4. The molecule has 0 saturated heterocycles. The first-order valence-corrected chi connectivity index (χ1v) is 14.4. The maximum Gasteiger partial charge on any atom is 0.197 e. The van der Waals surface area contributed by atoms with E-state index in [9.17, 15) is 9.59 Å². The lowest BCUT2D eigenvalue weighted by atomic mass is 9.98. The van der Waals surface area contributed by atoms with Crippen LogP contribution in [-0.2, 0) is 0 Å². The monoisotopic (exact) mass is 551 g/mol. The van der Waals surface area contributed by atoms with Crippen molar-refractivity contribution in [3.63, 3.8) is 0 Å². The molecule has 0 aliphatic heterocycles. The minimum Gasteiger partial charge on any atom is -0.309 e. The van der Waals surface area contributed by atoms with Crippen molar-refractivity contribution >= 4 is 67.0 Å². The summed E-state index contributed by atoms with van der Waals surface area (Å²) in [5.41, 5.74) is 5.25. The molecular formula is C40H25NO2. The van der Waals surface area contributed by atoms with Gasteiger partial charge < -0.3 is 4.90 Å². The Hall–Kier alpha value is -5.80. The van der Waals surface area contributed by atoms with E-state index >= 15 is 0 Å². The molecule has 3 nitrogen and oxygen atoms in total. The number of hydrogen-bond donors (Lipinski definition) is 0. The van der Waals surface area contributed by atoms with Crippen molar-refractivity contribution < 1.29 is 9.59 Å². The van der Waals surface area contributed by atoms with Gasteiger partial charge in [-0.15, -0.1) is 0 Å². The van der Waals surface area contributed by atoms with Gasteiger partial charge in [0.1, 0.15) is 0 Å². The summed E-state index contributed by atoms with van der Waals surface area (Å²) in [6, 6.07) is 49.4. The number of benzene rings is 7. The number of hydrogen-bond acceptors (Lipinski definition) is 3. The van der Waals surface area contributed by atoms with Gasteiger partial charge >= 0.3 is 0 Å². The third-order valence-electron chi connectivity index (χ3n) is 8.30. The zero-order valence-electron chi connectivity index (χ0n) is 23.2. The van der Waals surface area contributed by atoms with Crippen molar-refractivity contribution in [2.24, 2.45) is 0 Å². The lowest BCUT2D eigenvalue weighted by Crippen LogP contribution is -2.11. The molecule has 0 unspecified atom stereocenters. The molecule has 0 amide bonds. The molecule has 3 heteroatoms. The normalized spacial score (nSPS) is 12.7. The van der Waals surface area contributed by atoms with Crippen LogP contribution in [0.15, 0.2) is 151 Å². The lowest BCUT2D eigenvalue weighted by molar-refractivity contribution is 0.0990. The molecule has 0 N–H and O–H groups in total. The van der Waals surface area contributed by atoms with Gasteiger partial charge in [0.15, 0.2) is 11.6 Å². The molecule has 8 rings (SSSR count). The van der Waals surface area contributed by atoms with Gasteiger partial charge in [0.2, 0.25) is 0 Å². The largest absolute Gasteiger partial charge is 0.309 e. The number of carbonyl (C=O) groups excluding carboxylic acids is 2. The highest BCUT2D eigenvalue weighted by atomic mass is 16.2. The summed E-state index contributed by atoms with van der Waals surface area (Å²) in [6.07, 6.45) is 1.72. The van der Waals surface area contributed by atoms with E-state index in [0.29, 0.717) is 11.1 Å². The Bertz CT molecular complexity index is 2190. The molecule has 1 aliphatic carbocycles. The zero-order valence-corrected chi connectivity index (χ0v) is 23.2. The van der Waals surface area contributed by atoms with E-state index in [0.717, 1.165) is 33.4 Å². The predicted molar refractivity (Wildman–Crippen MR) is 177 cm³/mol. The number of Topliss-reactive ketones (excluding diaryl/α,β-unsaturated/α-hetero) is 2. The Balaban J connectivity index is 1.28. The molecule has 0 radical (unpaired) electrons. The molecule has 1 aliphatic rings. The van der Waals surface area contributed by atoms with Crippen LogP contribution in [0.5, 0.6) is 0 Å². The number of carbonyl (C=O) groups is 2. The van der Waals surface area contributed by atoms with Crippen molar-refractivity contribution in [3.8, 4) is 0 Å². The van der Waals surface area contributed by atoms with Crippen LogP contribution in [0.4, 0.5) is 17.1 Å². The first-order valence-electron chi connectivity index (χ1n) is 14.4. The van der Waals surface area contributed by atoms with E-state index in [1.54, 1.807) is 30.3 Å². The van der Waals surface area contributed by atoms with Crippen LogP contribution < -0.4 is 4.90 Å². The fraction of sp³-hybridized carbons (Fsp3) is 0. The van der Waals surface area contributed by atoms with E-state index in [2.05, 4.69) is 108 Å². The lowest BCUT2D eigenvalue weighted by Gasteiger charge is -2.28. The highest BCUT2D eigenvalue weighted by molar-refractivity contribution is 6.41. The number of fused-ring (bicyclic) bond motifs is 4. The van der Waals surface area contributed by atoms with Crippen LogP contribution in [0.25, 0.3) is 38.4 Å². The zero-order chi connectivity index (χ0) is 28.9. The summed E-state index contributed by atoms with van der Waals surface area (Å²) in [5, 5.41) is 6.84. The van der Waals surface area contributed by atoms with Crippen molar-refractivity contribution in [3.05, 3.63) is 168 Å². The second kappa shape index (κ2) is 9.93. The van der Waals surface area contributed by atoms with Crippen molar-refractivity contribution in [2.45, 2.75) is 0 Å². The third-order valence-corrected chi connectivity index (χ3v) is 8.30. The number of anilines is 3. The Morgan fingerprint density at radius 2 is 1.00 bits per heavy atom. The maximum atomic E-state index is 13.0. The molecule has 0 aromatic heterocycles. The molecule has 0 fully saturated rings. The Kier molecular flexibility index (Phi) is 5.76. The Morgan fingerprint density at radius 1 is 0.442 bits per heavy atom. The van der Waals surface area contributed by atoms with Gasteiger partial charge in [-0.2, -0.15) is 0 Å². The van der Waals surface area contributed by atoms with Crippen LogP contribution in [0.1, 0.15) is 26.3 Å². The first-order chi connectivity index (χ1) is 21.2. The summed E-state index contributed by atoms with van der Waals surface area (Å²) >= 11 is 0. The van der Waals surface area contributed by atoms with E-state index in [-0.39, 0.29) is 17.1 Å². The Morgan fingerprint density at radius 3 is 1.67 bits per heavy atom. The topological polar surface area (TPSA) is 37.4 Å². The predicted octanol–water partition coefficient (Wildman–Crippen LogP) is 10.1. The highest BCUT2D eigenvalue weighted by Crippen LogP contribution is 2.44. The molecule has 0 spiro atoms. The number of ketones is 2. The van der Waals surface area contributed by atoms with Gasteiger partial charge in [-0.05, 0) is 69.6 Å². The molecule has 202 valence electrons. The van der Waals surface area contributed by atoms with E-state index < -0.39 is 0 Å². The molecule has 0 atom stereocenters. The van der Waals surface area contributed by atoms with Gasteiger partial charge in [0.25, 0.3) is 0 Å². The van der Waals surface area contributed by atoms with Gasteiger partial charge in [-0.3, -0.25) is 9.59 Å². The maximum absolute atomic E-state index is 13.0. The first kappa shape index (κ1) is 25.0. The standard InChI is InChI=1S/C40H25NO2/c42-39-35-16-8-9-17-36(35)40(43)37(39)23-26-18-19-28-25-32(21-20-27(28)22-26)41(31-12-2-1-3-13-31)38-33-14-6-4-10-29(33)24-30-11-5-7-15-34(30)38/h1-25H. The van der Waals surface area contributed by atoms with E-state index in [1.807, 2.05) is 18.2 Å². The molecule has 0 heterocycles.